The summed E-state index contributed by atoms with van der Waals surface area (Å²) in [5, 5.41) is 3.06. The third-order valence-corrected chi connectivity index (χ3v) is 4.25. The third-order valence-electron chi connectivity index (χ3n) is 4.25. The van der Waals surface area contributed by atoms with Crippen molar-refractivity contribution < 1.29 is 9.59 Å². The van der Waals surface area contributed by atoms with Gasteiger partial charge in [-0.25, -0.2) is 0 Å². The van der Waals surface area contributed by atoms with Crippen LogP contribution < -0.4 is 5.32 Å². The van der Waals surface area contributed by atoms with Gasteiger partial charge in [0.25, 0.3) is 0 Å². The summed E-state index contributed by atoms with van der Waals surface area (Å²) in [6, 6.07) is 0.454. The second kappa shape index (κ2) is 5.72. The summed E-state index contributed by atoms with van der Waals surface area (Å²) in [6.07, 6.45) is 4.94. The van der Waals surface area contributed by atoms with Gasteiger partial charge in [-0.1, -0.05) is 13.3 Å². The summed E-state index contributed by atoms with van der Waals surface area (Å²) in [4.78, 5) is 25.2. The molecular weight excluding hydrogens is 228 g/mol. The third kappa shape index (κ3) is 3.47. The Labute approximate surface area is 109 Å². The van der Waals surface area contributed by atoms with E-state index in [2.05, 4.69) is 12.2 Å². The summed E-state index contributed by atoms with van der Waals surface area (Å²) in [7, 11) is 0. The maximum absolute atomic E-state index is 11.8. The Morgan fingerprint density at radius 2 is 1.94 bits per heavy atom. The summed E-state index contributed by atoms with van der Waals surface area (Å²) in [5.74, 6) is 1.29. The molecule has 2 fully saturated rings. The Kier molecular flexibility index (Phi) is 4.25. The molecule has 4 heteroatoms. The summed E-state index contributed by atoms with van der Waals surface area (Å²) < 4.78 is 0. The van der Waals surface area contributed by atoms with E-state index in [1.807, 2.05) is 4.90 Å². The molecule has 2 rings (SSSR count). The fourth-order valence-electron chi connectivity index (χ4n) is 2.85. The molecular formula is C14H24N2O2. The van der Waals surface area contributed by atoms with Crippen molar-refractivity contribution >= 4 is 11.8 Å². The fraction of sp³-hybridized carbons (Fsp3) is 0.857. The van der Waals surface area contributed by atoms with Crippen LogP contribution in [-0.4, -0.2) is 35.8 Å². The van der Waals surface area contributed by atoms with Crippen LogP contribution in [0.4, 0.5) is 0 Å². The van der Waals surface area contributed by atoms with Gasteiger partial charge in [0.2, 0.25) is 11.8 Å². The van der Waals surface area contributed by atoms with Crippen LogP contribution in [0.25, 0.3) is 0 Å². The molecule has 1 saturated heterocycles. The predicted octanol–water partition coefficient (Wildman–Crippen LogP) is 1.55. The van der Waals surface area contributed by atoms with Gasteiger partial charge in [-0.3, -0.25) is 9.59 Å². The first kappa shape index (κ1) is 13.4. The van der Waals surface area contributed by atoms with E-state index < -0.39 is 0 Å². The lowest BCUT2D eigenvalue weighted by Crippen LogP contribution is -2.44. The quantitative estimate of drug-likeness (QED) is 0.825. The smallest absolute Gasteiger partial charge is 0.220 e. The highest BCUT2D eigenvalue weighted by Crippen LogP contribution is 2.29. The van der Waals surface area contributed by atoms with Crippen molar-refractivity contribution in [2.24, 2.45) is 11.8 Å². The highest BCUT2D eigenvalue weighted by atomic mass is 16.2. The Balaban J connectivity index is 1.83. The number of nitrogens with one attached hydrogen (secondary N) is 1. The SMILES string of the molecule is CC[C@H]1CN(C(C)=O)CC[C@H]1CC(=O)NC1CC1. The minimum Gasteiger partial charge on any atom is -0.353 e. The normalized spacial score (nSPS) is 28.0. The van der Waals surface area contributed by atoms with Gasteiger partial charge >= 0.3 is 0 Å². The van der Waals surface area contributed by atoms with Gasteiger partial charge in [-0.05, 0) is 31.1 Å². The van der Waals surface area contributed by atoms with Gasteiger partial charge in [0, 0.05) is 32.5 Å². The minimum atomic E-state index is 0.161. The Morgan fingerprint density at radius 3 is 2.50 bits per heavy atom. The van der Waals surface area contributed by atoms with E-state index in [4.69, 9.17) is 0 Å². The molecule has 2 amide bonds. The van der Waals surface area contributed by atoms with Gasteiger partial charge in [0.05, 0.1) is 0 Å². The fourth-order valence-corrected chi connectivity index (χ4v) is 2.85. The molecule has 0 bridgehead atoms. The number of rotatable bonds is 4. The number of piperidine rings is 1. The standard InChI is InChI=1S/C14H24N2O2/c1-3-11-9-16(10(2)17)7-6-12(11)8-14(18)15-13-4-5-13/h11-13H,3-9H2,1-2H3,(H,15,18)/t11-,12-/m0/s1. The zero-order valence-corrected chi connectivity index (χ0v) is 11.4. The first-order valence-corrected chi connectivity index (χ1v) is 7.15. The molecule has 1 heterocycles. The van der Waals surface area contributed by atoms with Crippen LogP contribution >= 0.6 is 0 Å². The number of nitrogens with zero attached hydrogens (tertiary/aromatic N) is 1. The van der Waals surface area contributed by atoms with Crippen molar-refractivity contribution in [3.8, 4) is 0 Å². The van der Waals surface area contributed by atoms with Crippen molar-refractivity contribution in [1.29, 1.82) is 0 Å². The molecule has 1 N–H and O–H groups in total. The summed E-state index contributed by atoms with van der Waals surface area (Å²) >= 11 is 0. The second-order valence-corrected chi connectivity index (χ2v) is 5.73. The van der Waals surface area contributed by atoms with Crippen molar-refractivity contribution in [2.45, 2.75) is 52.0 Å². The van der Waals surface area contributed by atoms with E-state index in [1.165, 1.54) is 0 Å². The van der Waals surface area contributed by atoms with Gasteiger partial charge in [-0.15, -0.1) is 0 Å². The van der Waals surface area contributed by atoms with Crippen LogP contribution in [-0.2, 0) is 9.59 Å². The predicted molar refractivity (Wildman–Crippen MR) is 69.9 cm³/mol. The Bertz CT molecular complexity index is 326. The van der Waals surface area contributed by atoms with E-state index in [-0.39, 0.29) is 11.8 Å². The van der Waals surface area contributed by atoms with E-state index in [0.29, 0.717) is 24.3 Å². The lowest BCUT2D eigenvalue weighted by Gasteiger charge is -2.37. The van der Waals surface area contributed by atoms with Crippen molar-refractivity contribution in [1.82, 2.24) is 10.2 Å². The zero-order valence-electron chi connectivity index (χ0n) is 11.4. The summed E-state index contributed by atoms with van der Waals surface area (Å²) in [6.45, 7) is 5.42. The minimum absolute atomic E-state index is 0.161. The van der Waals surface area contributed by atoms with E-state index >= 15 is 0 Å². The van der Waals surface area contributed by atoms with Crippen LogP contribution in [0.1, 0.15) is 46.0 Å². The van der Waals surface area contributed by atoms with E-state index in [1.54, 1.807) is 6.92 Å². The van der Waals surface area contributed by atoms with Crippen molar-refractivity contribution in [2.75, 3.05) is 13.1 Å². The van der Waals surface area contributed by atoms with Crippen LogP contribution in [0.2, 0.25) is 0 Å². The topological polar surface area (TPSA) is 49.4 Å². The number of carbonyl (C=O) groups excluding carboxylic acids is 2. The van der Waals surface area contributed by atoms with Crippen LogP contribution in [0.15, 0.2) is 0 Å². The van der Waals surface area contributed by atoms with E-state index in [9.17, 15) is 9.59 Å². The molecule has 18 heavy (non-hydrogen) atoms. The van der Waals surface area contributed by atoms with Gasteiger partial charge in [0.1, 0.15) is 0 Å². The molecule has 1 saturated carbocycles. The highest BCUT2D eigenvalue weighted by molar-refractivity contribution is 5.77. The maximum Gasteiger partial charge on any atom is 0.220 e. The first-order valence-electron chi connectivity index (χ1n) is 7.15. The zero-order chi connectivity index (χ0) is 13.1. The molecule has 102 valence electrons. The monoisotopic (exact) mass is 252 g/mol. The molecule has 0 aromatic carbocycles. The second-order valence-electron chi connectivity index (χ2n) is 5.73. The van der Waals surface area contributed by atoms with Gasteiger partial charge in [-0.2, -0.15) is 0 Å². The lowest BCUT2D eigenvalue weighted by atomic mass is 9.81. The average molecular weight is 252 g/mol. The maximum atomic E-state index is 11.8. The highest BCUT2D eigenvalue weighted by Gasteiger charge is 2.31. The Hall–Kier alpha value is -1.06. The number of likely N-dealkylation sites (tertiary alicyclic amines) is 1. The molecule has 0 radical (unpaired) electrons. The van der Waals surface area contributed by atoms with Crippen molar-refractivity contribution in [3.63, 3.8) is 0 Å². The van der Waals surface area contributed by atoms with E-state index in [0.717, 1.165) is 38.8 Å². The largest absolute Gasteiger partial charge is 0.353 e. The Morgan fingerprint density at radius 1 is 1.22 bits per heavy atom. The number of hydrogen-bond acceptors (Lipinski definition) is 2. The molecule has 2 aliphatic rings. The molecule has 0 unspecified atom stereocenters. The summed E-state index contributed by atoms with van der Waals surface area (Å²) in [5.41, 5.74) is 0. The molecule has 1 aliphatic carbocycles. The van der Waals surface area contributed by atoms with Crippen LogP contribution in [0.5, 0.6) is 0 Å². The molecule has 0 aromatic heterocycles. The lowest BCUT2D eigenvalue weighted by molar-refractivity contribution is -0.132. The van der Waals surface area contributed by atoms with Crippen molar-refractivity contribution in [3.05, 3.63) is 0 Å². The first-order chi connectivity index (χ1) is 8.60. The molecule has 0 aromatic rings. The van der Waals surface area contributed by atoms with Crippen LogP contribution in [0, 0.1) is 11.8 Å². The van der Waals surface area contributed by atoms with Gasteiger partial charge in [0.15, 0.2) is 0 Å². The number of hydrogen-bond donors (Lipinski definition) is 1. The van der Waals surface area contributed by atoms with Gasteiger partial charge < -0.3 is 10.2 Å². The molecule has 4 nitrogen and oxygen atoms in total. The molecule has 1 aliphatic heterocycles. The number of amides is 2. The van der Waals surface area contributed by atoms with Crippen LogP contribution in [0.3, 0.4) is 0 Å². The number of carbonyl (C=O) groups is 2. The molecule has 2 atom stereocenters. The average Bonchev–Trinajstić information content (AvgIpc) is 3.13. The molecule has 0 spiro atoms.